The van der Waals surface area contributed by atoms with Gasteiger partial charge in [0.05, 0.1) is 0 Å². The number of nitrogens with zero attached hydrogens (tertiary/aromatic N) is 1. The predicted octanol–water partition coefficient (Wildman–Crippen LogP) is 13.8. The first-order chi connectivity index (χ1) is 20.8. The lowest BCUT2D eigenvalue weighted by atomic mass is 9.97. The number of hydrogen-bond donors (Lipinski definition) is 0. The van der Waals surface area contributed by atoms with Crippen LogP contribution >= 0.6 is 0 Å². The highest BCUT2D eigenvalue weighted by Gasteiger charge is 2.10. The van der Waals surface area contributed by atoms with Gasteiger partial charge in [0.2, 0.25) is 0 Å². The number of pyridine rings is 1. The topological polar surface area (TPSA) is 3.88 Å². The van der Waals surface area contributed by atoms with Crippen molar-refractivity contribution in [3.8, 4) is 0 Å². The highest BCUT2D eigenvalue weighted by Crippen LogP contribution is 2.18. The Morgan fingerprint density at radius 2 is 0.667 bits per heavy atom. The van der Waals surface area contributed by atoms with Crippen LogP contribution in [0.2, 0.25) is 0 Å². The molecule has 0 bridgehead atoms. The average Bonchev–Trinajstić information content (AvgIpc) is 3.00. The third-order valence-electron chi connectivity index (χ3n) is 9.57. The maximum absolute atomic E-state index is 2.54. The van der Waals surface area contributed by atoms with Crippen LogP contribution in [0.5, 0.6) is 0 Å². The van der Waals surface area contributed by atoms with Gasteiger partial charge in [-0.2, -0.15) is 0 Å². The minimum absolute atomic E-state index is 1.20. The van der Waals surface area contributed by atoms with Crippen LogP contribution < -0.4 is 4.57 Å². The van der Waals surface area contributed by atoms with Gasteiger partial charge in [-0.25, -0.2) is 4.57 Å². The highest BCUT2D eigenvalue weighted by molar-refractivity contribution is 5.21. The molecule has 0 saturated heterocycles. The van der Waals surface area contributed by atoms with Crippen LogP contribution in [-0.4, -0.2) is 0 Å². The standard InChI is InChI=1S/C41H78N/c1-4-7-10-13-16-18-20-22-24-26-28-31-34-40-36-38-42(37-33-30-15-12-9-6-3)39-41(40)35-32-29-27-25-23-21-19-17-14-11-8-5-2/h36,38-39H,4-35,37H2,1-3H3/q+1. The number of aromatic nitrogens is 1. The van der Waals surface area contributed by atoms with E-state index in [-0.39, 0.29) is 0 Å². The van der Waals surface area contributed by atoms with Gasteiger partial charge in [-0.1, -0.05) is 188 Å². The van der Waals surface area contributed by atoms with Crippen LogP contribution in [0.25, 0.3) is 0 Å². The Morgan fingerprint density at radius 3 is 1.05 bits per heavy atom. The smallest absolute Gasteiger partial charge is 0.172 e. The van der Waals surface area contributed by atoms with E-state index in [1.54, 1.807) is 11.1 Å². The first-order valence-corrected chi connectivity index (χ1v) is 19.8. The maximum atomic E-state index is 2.54. The van der Waals surface area contributed by atoms with Crippen molar-refractivity contribution in [3.63, 3.8) is 0 Å². The van der Waals surface area contributed by atoms with Gasteiger partial charge in [0.15, 0.2) is 12.4 Å². The molecule has 0 saturated carbocycles. The molecule has 0 aliphatic heterocycles. The molecule has 1 aromatic rings. The minimum atomic E-state index is 1.20. The molecular formula is C41H78N+. The fraction of sp³-hybridized carbons (Fsp3) is 0.878. The van der Waals surface area contributed by atoms with Crippen molar-refractivity contribution >= 4 is 0 Å². The molecule has 0 aromatic carbocycles. The summed E-state index contributed by atoms with van der Waals surface area (Å²) in [6, 6.07) is 2.49. The Bertz CT molecular complexity index is 665. The van der Waals surface area contributed by atoms with Gasteiger partial charge in [-0.15, -0.1) is 0 Å². The summed E-state index contributed by atoms with van der Waals surface area (Å²) in [5.74, 6) is 0. The van der Waals surface area contributed by atoms with E-state index >= 15 is 0 Å². The first kappa shape index (κ1) is 39.2. The molecule has 0 amide bonds. The van der Waals surface area contributed by atoms with Crippen molar-refractivity contribution in [2.24, 2.45) is 0 Å². The molecular weight excluding hydrogens is 506 g/mol. The molecule has 246 valence electrons. The molecule has 1 aromatic heterocycles. The molecule has 0 aliphatic carbocycles. The van der Waals surface area contributed by atoms with E-state index in [0.29, 0.717) is 0 Å². The highest BCUT2D eigenvalue weighted by atomic mass is 14.9. The zero-order valence-corrected chi connectivity index (χ0v) is 29.5. The summed E-state index contributed by atoms with van der Waals surface area (Å²) in [6.45, 7) is 8.14. The molecule has 0 fully saturated rings. The lowest BCUT2D eigenvalue weighted by Gasteiger charge is -2.10. The largest absolute Gasteiger partial charge is 0.205 e. The zero-order chi connectivity index (χ0) is 30.2. The van der Waals surface area contributed by atoms with E-state index in [2.05, 4.69) is 43.8 Å². The minimum Gasteiger partial charge on any atom is -0.205 e. The quantitative estimate of drug-likeness (QED) is 0.0571. The summed E-state index contributed by atoms with van der Waals surface area (Å²) in [6.07, 6.45) is 50.4. The van der Waals surface area contributed by atoms with Gasteiger partial charge in [0.25, 0.3) is 0 Å². The van der Waals surface area contributed by atoms with Crippen LogP contribution in [0.3, 0.4) is 0 Å². The van der Waals surface area contributed by atoms with Crippen molar-refractivity contribution < 1.29 is 4.57 Å². The number of rotatable bonds is 33. The Hall–Kier alpha value is -0.850. The predicted molar refractivity (Wildman–Crippen MR) is 190 cm³/mol. The Kier molecular flexibility index (Phi) is 29.4. The monoisotopic (exact) mass is 585 g/mol. The number of unbranched alkanes of at least 4 members (excludes halogenated alkanes) is 27. The fourth-order valence-corrected chi connectivity index (χ4v) is 6.61. The summed E-state index contributed by atoms with van der Waals surface area (Å²) < 4.78 is 2.52. The average molecular weight is 585 g/mol. The van der Waals surface area contributed by atoms with Crippen LogP contribution in [0, 0.1) is 0 Å². The van der Waals surface area contributed by atoms with Gasteiger partial charge in [-0.3, -0.25) is 0 Å². The molecule has 0 spiro atoms. The van der Waals surface area contributed by atoms with Crippen LogP contribution in [0.4, 0.5) is 0 Å². The third kappa shape index (κ3) is 24.6. The molecule has 1 heterocycles. The summed E-state index contributed by atoms with van der Waals surface area (Å²) in [7, 11) is 0. The van der Waals surface area contributed by atoms with Crippen molar-refractivity contribution in [2.75, 3.05) is 0 Å². The molecule has 0 atom stereocenters. The molecule has 0 radical (unpaired) electrons. The van der Waals surface area contributed by atoms with Crippen LogP contribution in [0.15, 0.2) is 18.5 Å². The summed E-state index contributed by atoms with van der Waals surface area (Å²) >= 11 is 0. The molecule has 1 rings (SSSR count). The molecule has 42 heavy (non-hydrogen) atoms. The summed E-state index contributed by atoms with van der Waals surface area (Å²) in [5.41, 5.74) is 3.32. The molecule has 0 N–H and O–H groups in total. The van der Waals surface area contributed by atoms with Gasteiger partial charge >= 0.3 is 0 Å². The Morgan fingerprint density at radius 1 is 0.357 bits per heavy atom. The second kappa shape index (κ2) is 31.6. The Labute approximate surface area is 266 Å². The fourth-order valence-electron chi connectivity index (χ4n) is 6.61. The van der Waals surface area contributed by atoms with Crippen molar-refractivity contribution in [1.29, 1.82) is 0 Å². The maximum Gasteiger partial charge on any atom is 0.172 e. The zero-order valence-electron chi connectivity index (χ0n) is 29.5. The second-order valence-electron chi connectivity index (χ2n) is 13.8. The van der Waals surface area contributed by atoms with Gasteiger partial charge in [-0.05, 0) is 37.7 Å². The van der Waals surface area contributed by atoms with E-state index in [1.165, 1.54) is 212 Å². The van der Waals surface area contributed by atoms with E-state index in [1.807, 2.05) is 0 Å². The number of aryl methyl sites for hydroxylation is 3. The third-order valence-corrected chi connectivity index (χ3v) is 9.57. The van der Waals surface area contributed by atoms with E-state index in [9.17, 15) is 0 Å². The first-order valence-electron chi connectivity index (χ1n) is 19.8. The van der Waals surface area contributed by atoms with Crippen LogP contribution in [0.1, 0.15) is 225 Å². The van der Waals surface area contributed by atoms with Crippen molar-refractivity contribution in [3.05, 3.63) is 29.6 Å². The van der Waals surface area contributed by atoms with Crippen LogP contribution in [-0.2, 0) is 19.4 Å². The second-order valence-corrected chi connectivity index (χ2v) is 13.8. The SMILES string of the molecule is CCCCCCCCCCCCCCc1cc[n+](CCCCCCCC)cc1CCCCCCCCCCCCCC. The van der Waals surface area contributed by atoms with E-state index < -0.39 is 0 Å². The van der Waals surface area contributed by atoms with Gasteiger partial charge in [0, 0.05) is 18.1 Å². The molecule has 1 nitrogen and oxygen atoms in total. The van der Waals surface area contributed by atoms with Crippen molar-refractivity contribution in [2.45, 2.75) is 233 Å². The van der Waals surface area contributed by atoms with E-state index in [4.69, 9.17) is 0 Å². The number of hydrogen-bond acceptors (Lipinski definition) is 0. The lowest BCUT2D eigenvalue weighted by Crippen LogP contribution is -2.34. The van der Waals surface area contributed by atoms with Crippen molar-refractivity contribution in [1.82, 2.24) is 0 Å². The molecule has 1 heteroatoms. The summed E-state index contributed by atoms with van der Waals surface area (Å²) in [4.78, 5) is 0. The molecule has 0 unspecified atom stereocenters. The van der Waals surface area contributed by atoms with Gasteiger partial charge in [0.1, 0.15) is 6.54 Å². The Balaban J connectivity index is 2.31. The van der Waals surface area contributed by atoms with Gasteiger partial charge < -0.3 is 0 Å². The lowest BCUT2D eigenvalue weighted by molar-refractivity contribution is -0.697. The van der Waals surface area contributed by atoms with E-state index in [0.717, 1.165) is 0 Å². The normalized spacial score (nSPS) is 11.5. The molecule has 0 aliphatic rings. The summed E-state index contributed by atoms with van der Waals surface area (Å²) in [5, 5.41) is 0.